The predicted octanol–water partition coefficient (Wildman–Crippen LogP) is 2.61. The van der Waals surface area contributed by atoms with Gasteiger partial charge in [-0.05, 0) is 26.0 Å². The molecule has 0 saturated carbocycles. The maximum Gasteiger partial charge on any atom is 0.142 e. The summed E-state index contributed by atoms with van der Waals surface area (Å²) in [7, 11) is 0. The molecule has 1 saturated heterocycles. The van der Waals surface area contributed by atoms with E-state index in [-0.39, 0.29) is 10.9 Å². The summed E-state index contributed by atoms with van der Waals surface area (Å²) in [5.74, 6) is 0. The Kier molecular flexibility index (Phi) is 3.21. The van der Waals surface area contributed by atoms with Crippen LogP contribution in [0.2, 0.25) is 0 Å². The van der Waals surface area contributed by atoms with Gasteiger partial charge in [-0.25, -0.2) is 0 Å². The van der Waals surface area contributed by atoms with Crippen LogP contribution in [-0.4, -0.2) is 20.4 Å². The first-order valence-electron chi connectivity index (χ1n) is 5.03. The average Bonchev–Trinajstić information content (AvgIpc) is 2.48. The van der Waals surface area contributed by atoms with Crippen molar-refractivity contribution in [1.82, 2.24) is 5.48 Å². The van der Waals surface area contributed by atoms with Crippen LogP contribution in [0.15, 0.2) is 30.3 Å². The number of benzene rings is 1. The molecule has 0 bridgehead atoms. The molecule has 2 rings (SSSR count). The highest BCUT2D eigenvalue weighted by atomic mass is 32.2. The fourth-order valence-corrected chi connectivity index (χ4v) is 3.69. The summed E-state index contributed by atoms with van der Waals surface area (Å²) in [6.45, 7) is 4.11. The van der Waals surface area contributed by atoms with Crippen molar-refractivity contribution in [3.8, 4) is 0 Å². The maximum absolute atomic E-state index is 9.29. The minimum absolute atomic E-state index is 0.151. The molecule has 5 heteroatoms. The van der Waals surface area contributed by atoms with E-state index in [2.05, 4.69) is 19.3 Å². The Bertz CT molecular complexity index is 394. The average molecular weight is 254 g/mol. The van der Waals surface area contributed by atoms with Crippen molar-refractivity contribution >= 4 is 34.0 Å². The lowest BCUT2D eigenvalue weighted by atomic mass is 10.1. The van der Waals surface area contributed by atoms with Gasteiger partial charge in [0.2, 0.25) is 0 Å². The standard InChI is InChI=1S/C11H14N2OS2/c1-11(2)9(12-14)13(10(15)16-11)8-6-4-3-5-7-8/h3-7,9,12,14H,1-2H3. The molecular weight excluding hydrogens is 240 g/mol. The Hall–Kier alpha value is -0.620. The lowest BCUT2D eigenvalue weighted by molar-refractivity contribution is 0.118. The number of nitrogens with zero attached hydrogens (tertiary/aromatic N) is 1. The number of anilines is 1. The van der Waals surface area contributed by atoms with Gasteiger partial charge in [-0.1, -0.05) is 42.2 Å². The second-order valence-electron chi connectivity index (χ2n) is 4.21. The molecule has 1 heterocycles. The normalized spacial score (nSPS) is 23.8. The summed E-state index contributed by atoms with van der Waals surface area (Å²) in [4.78, 5) is 1.94. The highest BCUT2D eigenvalue weighted by molar-refractivity contribution is 8.24. The van der Waals surface area contributed by atoms with Crippen LogP contribution in [0.4, 0.5) is 5.69 Å². The summed E-state index contributed by atoms with van der Waals surface area (Å²) in [5, 5.41) is 9.29. The van der Waals surface area contributed by atoms with E-state index in [0.717, 1.165) is 10.0 Å². The second kappa shape index (κ2) is 4.33. The van der Waals surface area contributed by atoms with Crippen molar-refractivity contribution in [2.75, 3.05) is 4.90 Å². The Morgan fingerprint density at radius 3 is 2.56 bits per heavy atom. The fraction of sp³-hybridized carbons (Fsp3) is 0.364. The number of para-hydroxylation sites is 1. The Morgan fingerprint density at radius 2 is 2.00 bits per heavy atom. The van der Waals surface area contributed by atoms with Crippen molar-refractivity contribution in [1.29, 1.82) is 0 Å². The lowest BCUT2D eigenvalue weighted by Crippen LogP contribution is -2.50. The van der Waals surface area contributed by atoms with Gasteiger partial charge in [0.05, 0.1) is 4.75 Å². The lowest BCUT2D eigenvalue weighted by Gasteiger charge is -2.30. The molecule has 2 N–H and O–H groups in total. The van der Waals surface area contributed by atoms with Gasteiger partial charge in [-0.2, -0.15) is 5.48 Å². The highest BCUT2D eigenvalue weighted by Crippen LogP contribution is 2.42. The summed E-state index contributed by atoms with van der Waals surface area (Å²) in [6, 6.07) is 9.85. The van der Waals surface area contributed by atoms with E-state index in [9.17, 15) is 5.21 Å². The molecule has 86 valence electrons. The van der Waals surface area contributed by atoms with Gasteiger partial charge in [-0.3, -0.25) is 0 Å². The van der Waals surface area contributed by atoms with E-state index in [1.165, 1.54) is 0 Å². The molecule has 0 radical (unpaired) electrons. The van der Waals surface area contributed by atoms with E-state index in [0.29, 0.717) is 0 Å². The van der Waals surface area contributed by atoms with Crippen LogP contribution in [0.5, 0.6) is 0 Å². The quantitative estimate of drug-likeness (QED) is 0.626. The van der Waals surface area contributed by atoms with Gasteiger partial charge in [0, 0.05) is 5.69 Å². The van der Waals surface area contributed by atoms with Crippen LogP contribution in [0.25, 0.3) is 0 Å². The molecule has 3 nitrogen and oxygen atoms in total. The number of rotatable bonds is 2. The summed E-state index contributed by atoms with van der Waals surface area (Å²) in [5.41, 5.74) is 3.35. The Balaban J connectivity index is 2.37. The minimum atomic E-state index is -0.201. The summed E-state index contributed by atoms with van der Waals surface area (Å²) >= 11 is 6.95. The molecule has 0 aliphatic carbocycles. The van der Waals surface area contributed by atoms with E-state index in [1.54, 1.807) is 11.8 Å². The fourth-order valence-electron chi connectivity index (χ4n) is 1.80. The molecule has 1 atom stereocenters. The number of hydrogen-bond donors (Lipinski definition) is 2. The molecule has 0 amide bonds. The first-order valence-corrected chi connectivity index (χ1v) is 6.25. The van der Waals surface area contributed by atoms with Crippen LogP contribution in [0.1, 0.15) is 13.8 Å². The van der Waals surface area contributed by atoms with E-state index in [4.69, 9.17) is 12.2 Å². The van der Waals surface area contributed by atoms with Crippen molar-refractivity contribution in [3.05, 3.63) is 30.3 Å². The molecular formula is C11H14N2OS2. The molecule has 1 aromatic rings. The van der Waals surface area contributed by atoms with Gasteiger partial charge in [0.15, 0.2) is 0 Å². The summed E-state index contributed by atoms with van der Waals surface area (Å²) in [6.07, 6.45) is -0.201. The number of thiocarbonyl (C=S) groups is 1. The third-order valence-electron chi connectivity index (χ3n) is 2.62. The van der Waals surface area contributed by atoms with Gasteiger partial charge in [0.1, 0.15) is 10.5 Å². The van der Waals surface area contributed by atoms with Gasteiger partial charge < -0.3 is 10.1 Å². The minimum Gasteiger partial charge on any atom is -0.315 e. The molecule has 0 aromatic heterocycles. The molecule has 1 unspecified atom stereocenters. The largest absolute Gasteiger partial charge is 0.315 e. The first-order chi connectivity index (χ1) is 7.56. The zero-order valence-corrected chi connectivity index (χ0v) is 10.8. The van der Waals surface area contributed by atoms with Crippen LogP contribution in [0, 0.1) is 0 Å². The molecule has 1 fully saturated rings. The van der Waals surface area contributed by atoms with Crippen LogP contribution in [0.3, 0.4) is 0 Å². The zero-order chi connectivity index (χ0) is 11.8. The highest BCUT2D eigenvalue weighted by Gasteiger charge is 2.44. The monoisotopic (exact) mass is 254 g/mol. The van der Waals surface area contributed by atoms with E-state index in [1.807, 2.05) is 35.2 Å². The second-order valence-corrected chi connectivity index (χ2v) is 6.50. The maximum atomic E-state index is 9.29. The number of hydroxylamine groups is 1. The smallest absolute Gasteiger partial charge is 0.142 e. The number of thioether (sulfide) groups is 1. The molecule has 1 aliphatic heterocycles. The van der Waals surface area contributed by atoms with E-state index < -0.39 is 0 Å². The number of nitrogens with one attached hydrogen (secondary N) is 1. The molecule has 1 aromatic carbocycles. The van der Waals surface area contributed by atoms with Crippen molar-refractivity contribution in [2.24, 2.45) is 0 Å². The van der Waals surface area contributed by atoms with Gasteiger partial charge in [0.25, 0.3) is 0 Å². The van der Waals surface area contributed by atoms with Crippen LogP contribution in [-0.2, 0) is 0 Å². The van der Waals surface area contributed by atoms with Gasteiger partial charge >= 0.3 is 0 Å². The van der Waals surface area contributed by atoms with Crippen LogP contribution < -0.4 is 10.4 Å². The summed E-state index contributed by atoms with van der Waals surface area (Å²) < 4.78 is 0.629. The Labute approximate surface area is 105 Å². The SMILES string of the molecule is CC1(C)SC(=S)N(c2ccccc2)C1NO. The topological polar surface area (TPSA) is 35.5 Å². The van der Waals surface area contributed by atoms with Crippen LogP contribution >= 0.6 is 24.0 Å². The van der Waals surface area contributed by atoms with Crippen molar-refractivity contribution < 1.29 is 5.21 Å². The van der Waals surface area contributed by atoms with Crippen molar-refractivity contribution in [3.63, 3.8) is 0 Å². The van der Waals surface area contributed by atoms with E-state index >= 15 is 0 Å². The number of hydrogen-bond acceptors (Lipinski definition) is 4. The molecule has 1 aliphatic rings. The Morgan fingerprint density at radius 1 is 1.38 bits per heavy atom. The van der Waals surface area contributed by atoms with Crippen molar-refractivity contribution in [2.45, 2.75) is 24.8 Å². The third-order valence-corrected chi connectivity index (χ3v) is 4.19. The first kappa shape index (κ1) is 11.9. The molecule has 16 heavy (non-hydrogen) atoms. The zero-order valence-electron chi connectivity index (χ0n) is 9.18. The predicted molar refractivity (Wildman–Crippen MR) is 71.9 cm³/mol. The molecule has 0 spiro atoms. The third kappa shape index (κ3) is 1.96. The van der Waals surface area contributed by atoms with Gasteiger partial charge in [-0.15, -0.1) is 0 Å².